The number of anilines is 1. The van der Waals surface area contributed by atoms with Crippen LogP contribution in [0.15, 0.2) is 52.6 Å². The first kappa shape index (κ1) is 25.9. The van der Waals surface area contributed by atoms with Gasteiger partial charge in [0.05, 0.1) is 29.4 Å². The first-order valence-corrected chi connectivity index (χ1v) is 11.2. The molecule has 3 N–H and O–H groups in total. The summed E-state index contributed by atoms with van der Waals surface area (Å²) in [5.74, 6) is -0.560. The predicted octanol–water partition coefficient (Wildman–Crippen LogP) is 3.47. The number of fused-ring (bicyclic) bond motifs is 1. The average Bonchev–Trinajstić information content (AvgIpc) is 2.85. The van der Waals surface area contributed by atoms with Crippen LogP contribution < -0.4 is 16.4 Å². The third-order valence-electron chi connectivity index (χ3n) is 5.77. The van der Waals surface area contributed by atoms with E-state index in [4.69, 9.17) is 5.11 Å². The summed E-state index contributed by atoms with van der Waals surface area (Å²) < 4.78 is 55.9. The first-order chi connectivity index (χ1) is 17.6. The van der Waals surface area contributed by atoms with Crippen LogP contribution in [0, 0.1) is 5.82 Å². The average molecular weight is 518 g/mol. The van der Waals surface area contributed by atoms with E-state index in [1.54, 1.807) is 24.3 Å². The molecule has 4 aromatic rings. The minimum atomic E-state index is -4.85. The van der Waals surface area contributed by atoms with Crippen molar-refractivity contribution in [2.75, 3.05) is 5.32 Å². The Labute approximate surface area is 206 Å². The molecule has 37 heavy (non-hydrogen) atoms. The van der Waals surface area contributed by atoms with Gasteiger partial charge >= 0.3 is 6.18 Å². The first-order valence-electron chi connectivity index (χ1n) is 11.2. The van der Waals surface area contributed by atoms with Gasteiger partial charge in [-0.25, -0.2) is 19.5 Å². The molecule has 1 unspecified atom stereocenters. The second-order valence-corrected chi connectivity index (χ2v) is 8.48. The van der Waals surface area contributed by atoms with E-state index in [0.29, 0.717) is 23.8 Å². The zero-order valence-electron chi connectivity index (χ0n) is 19.5. The van der Waals surface area contributed by atoms with Crippen LogP contribution in [0.25, 0.3) is 22.2 Å². The second kappa shape index (κ2) is 10.5. The highest BCUT2D eigenvalue weighted by atomic mass is 19.4. The summed E-state index contributed by atoms with van der Waals surface area (Å²) in [7, 11) is 0. The van der Waals surface area contributed by atoms with E-state index in [2.05, 4.69) is 20.4 Å². The fraction of sp³-hybridized carbons (Fsp3) is 0.292. The largest absolute Gasteiger partial charge is 0.423 e. The zero-order valence-corrected chi connectivity index (χ0v) is 19.5. The van der Waals surface area contributed by atoms with Crippen LogP contribution in [0.1, 0.15) is 30.9 Å². The van der Waals surface area contributed by atoms with Crippen LogP contribution in [0.5, 0.6) is 0 Å². The molecule has 9 nitrogen and oxygen atoms in total. The molecular formula is C24H22F4N6O3. The van der Waals surface area contributed by atoms with E-state index in [1.807, 2.05) is 0 Å². The highest BCUT2D eigenvalue weighted by molar-refractivity contribution is 5.85. The summed E-state index contributed by atoms with van der Waals surface area (Å²) in [6, 6.07) is 3.79. The number of aliphatic hydroxyl groups is 1. The second-order valence-electron chi connectivity index (χ2n) is 8.48. The van der Waals surface area contributed by atoms with E-state index in [9.17, 15) is 27.2 Å². The van der Waals surface area contributed by atoms with Gasteiger partial charge in [-0.15, -0.1) is 0 Å². The minimum Gasteiger partial charge on any atom is -0.392 e. The van der Waals surface area contributed by atoms with Gasteiger partial charge in [0.25, 0.3) is 11.1 Å². The Hall–Kier alpha value is -4.13. The molecule has 0 aliphatic heterocycles. The summed E-state index contributed by atoms with van der Waals surface area (Å²) in [6.45, 7) is 1.65. The number of halogens is 4. The molecule has 0 spiro atoms. The summed E-state index contributed by atoms with van der Waals surface area (Å²) in [4.78, 5) is 32.6. The molecule has 1 aromatic carbocycles. The van der Waals surface area contributed by atoms with Gasteiger partial charge in [0.1, 0.15) is 11.4 Å². The van der Waals surface area contributed by atoms with Crippen LogP contribution >= 0.6 is 0 Å². The summed E-state index contributed by atoms with van der Waals surface area (Å²) in [5.41, 5.74) is -2.94. The van der Waals surface area contributed by atoms with Crippen molar-refractivity contribution in [2.45, 2.75) is 45.1 Å². The van der Waals surface area contributed by atoms with Gasteiger partial charge in [0.2, 0.25) is 0 Å². The number of H-pyrrole nitrogens is 1. The molecule has 0 radical (unpaired) electrons. The maximum Gasteiger partial charge on any atom is 0.423 e. The molecule has 0 fully saturated rings. The van der Waals surface area contributed by atoms with Crippen LogP contribution in [0.3, 0.4) is 0 Å². The van der Waals surface area contributed by atoms with E-state index in [0.717, 1.165) is 12.3 Å². The molecule has 4 rings (SSSR count). The Kier molecular flexibility index (Phi) is 7.34. The van der Waals surface area contributed by atoms with Crippen molar-refractivity contribution in [1.82, 2.24) is 24.7 Å². The third kappa shape index (κ3) is 5.66. The van der Waals surface area contributed by atoms with Crippen LogP contribution in [0.4, 0.5) is 23.2 Å². The monoisotopic (exact) mass is 518 g/mol. The number of aryl methyl sites for hydroxylation is 1. The normalized spacial score (nSPS) is 12.6. The van der Waals surface area contributed by atoms with Crippen molar-refractivity contribution in [3.8, 4) is 11.4 Å². The van der Waals surface area contributed by atoms with Gasteiger partial charge in [-0.05, 0) is 43.4 Å². The maximum absolute atomic E-state index is 14.8. The van der Waals surface area contributed by atoms with Crippen molar-refractivity contribution in [3.63, 3.8) is 0 Å². The number of aromatic nitrogens is 5. The molecule has 3 heterocycles. The molecule has 3 aromatic heterocycles. The van der Waals surface area contributed by atoms with Crippen LogP contribution in [0.2, 0.25) is 0 Å². The zero-order chi connectivity index (χ0) is 26.7. The van der Waals surface area contributed by atoms with Crippen molar-refractivity contribution >= 4 is 16.5 Å². The Bertz CT molecular complexity index is 1530. The lowest BCUT2D eigenvalue weighted by molar-refractivity contribution is -0.138. The number of nitrogens with one attached hydrogen (secondary N) is 2. The molecular weight excluding hydrogens is 496 g/mol. The maximum atomic E-state index is 14.8. The van der Waals surface area contributed by atoms with E-state index >= 15 is 0 Å². The highest BCUT2D eigenvalue weighted by Crippen LogP contribution is 2.32. The van der Waals surface area contributed by atoms with Crippen molar-refractivity contribution < 1.29 is 22.7 Å². The minimum absolute atomic E-state index is 0.113. The van der Waals surface area contributed by atoms with Gasteiger partial charge in [0.15, 0.2) is 5.82 Å². The number of nitrogens with zero attached hydrogens (tertiary/aromatic N) is 4. The molecule has 0 saturated heterocycles. The summed E-state index contributed by atoms with van der Waals surface area (Å²) >= 11 is 0. The number of rotatable bonds is 8. The molecule has 194 valence electrons. The van der Waals surface area contributed by atoms with Crippen LogP contribution in [-0.2, 0) is 19.3 Å². The van der Waals surface area contributed by atoms with Gasteiger partial charge in [-0.1, -0.05) is 0 Å². The van der Waals surface area contributed by atoms with E-state index in [1.165, 1.54) is 23.0 Å². The molecule has 0 aliphatic carbocycles. The Morgan fingerprint density at radius 1 is 1.16 bits per heavy atom. The fourth-order valence-corrected chi connectivity index (χ4v) is 3.92. The predicted molar refractivity (Wildman–Crippen MR) is 127 cm³/mol. The molecule has 0 aliphatic rings. The van der Waals surface area contributed by atoms with E-state index < -0.39 is 40.4 Å². The number of benzene rings is 1. The van der Waals surface area contributed by atoms with Gasteiger partial charge in [0, 0.05) is 36.7 Å². The molecule has 0 saturated carbocycles. The van der Waals surface area contributed by atoms with E-state index in [-0.39, 0.29) is 29.9 Å². The van der Waals surface area contributed by atoms with Crippen molar-refractivity contribution in [3.05, 3.63) is 80.6 Å². The van der Waals surface area contributed by atoms with Crippen molar-refractivity contribution in [1.29, 1.82) is 0 Å². The third-order valence-corrected chi connectivity index (χ3v) is 5.77. The van der Waals surface area contributed by atoms with Gasteiger partial charge < -0.3 is 15.0 Å². The Balaban J connectivity index is 1.47. The lowest BCUT2D eigenvalue weighted by Crippen LogP contribution is -2.27. The number of alkyl halides is 3. The topological polar surface area (TPSA) is 126 Å². The van der Waals surface area contributed by atoms with Crippen LogP contribution in [-0.4, -0.2) is 35.9 Å². The Morgan fingerprint density at radius 2 is 1.89 bits per heavy atom. The SMILES string of the molecule is CC(CCCn1ccc2cc(-c3ncc(CO)cn3)c(F)cc2c1=O)Nc1cn[nH]c(=O)c1C(F)(F)F. The lowest BCUT2D eigenvalue weighted by atomic mass is 10.1. The molecule has 0 amide bonds. The van der Waals surface area contributed by atoms with Crippen molar-refractivity contribution in [2.24, 2.45) is 0 Å². The molecule has 13 heteroatoms. The standard InChI is InChI=1S/C24H22F4N6O3/c1-13(32-19-11-31-33-22(36)20(19)24(26,27)28)3-2-5-34-6-4-15-7-17(18(25)8-16(15)23(34)37)21-29-9-14(12-35)10-30-21/h4,6-11,13,35H,2-3,5,12H2,1H3,(H2,32,33,36). The summed E-state index contributed by atoms with van der Waals surface area (Å²) in [6.07, 6.45) is 1.19. The van der Waals surface area contributed by atoms with Gasteiger partial charge in [-0.2, -0.15) is 18.3 Å². The lowest BCUT2D eigenvalue weighted by Gasteiger charge is -2.18. The molecule has 0 bridgehead atoms. The van der Waals surface area contributed by atoms with Gasteiger partial charge in [-0.3, -0.25) is 9.59 Å². The number of hydrogen-bond donors (Lipinski definition) is 3. The summed E-state index contributed by atoms with van der Waals surface area (Å²) in [5, 5.41) is 17.6. The number of hydrogen-bond acceptors (Lipinski definition) is 7. The highest BCUT2D eigenvalue weighted by Gasteiger charge is 2.37. The number of aliphatic hydroxyl groups excluding tert-OH is 1. The molecule has 1 atom stereocenters. The smallest absolute Gasteiger partial charge is 0.392 e. The quantitative estimate of drug-likeness (QED) is 0.305. The number of aromatic amines is 1. The Morgan fingerprint density at radius 3 is 2.57 bits per heavy atom. The number of pyridine rings is 1. The fourth-order valence-electron chi connectivity index (χ4n) is 3.92.